The molecule has 2 heterocycles. The first kappa shape index (κ1) is 13.6. The number of carbonyl (C=O) groups is 1. The van der Waals surface area contributed by atoms with E-state index in [1.165, 1.54) is 12.1 Å². The van der Waals surface area contributed by atoms with Gasteiger partial charge in [-0.15, -0.1) is 0 Å². The molecule has 0 radical (unpaired) electrons. The number of hydrogen-bond donors (Lipinski definition) is 2. The van der Waals surface area contributed by atoms with Gasteiger partial charge in [0.25, 0.3) is 0 Å². The molecule has 0 spiro atoms. The molecule has 0 bridgehead atoms. The molecule has 7 heteroatoms. The maximum absolute atomic E-state index is 13.5. The van der Waals surface area contributed by atoms with Gasteiger partial charge in [-0.3, -0.25) is 4.79 Å². The molecule has 1 aromatic heterocycles. The number of imidazole rings is 1. The fraction of sp³-hybridized carbons (Fsp3) is 0.333. The number of benzene rings is 1. The van der Waals surface area contributed by atoms with Crippen LogP contribution >= 0.6 is 12.2 Å². The van der Waals surface area contributed by atoms with Gasteiger partial charge in [0, 0.05) is 35.3 Å². The van der Waals surface area contributed by atoms with Crippen molar-refractivity contribution in [3.63, 3.8) is 0 Å². The third-order valence-corrected chi connectivity index (χ3v) is 5.06. The van der Waals surface area contributed by atoms with E-state index < -0.39 is 17.5 Å². The highest BCUT2D eigenvalue weighted by Crippen LogP contribution is 2.66. The molecule has 4 nitrogen and oxygen atoms in total. The lowest BCUT2D eigenvalue weighted by molar-refractivity contribution is -0.117. The van der Waals surface area contributed by atoms with Gasteiger partial charge < -0.3 is 15.3 Å². The number of primary amides is 1. The number of nitrogens with one attached hydrogen (secondary N) is 1. The largest absolute Gasteiger partial charge is 0.369 e. The number of aromatic nitrogens is 2. The van der Waals surface area contributed by atoms with Crippen LogP contribution in [0, 0.1) is 16.4 Å². The predicted octanol–water partition coefficient (Wildman–Crippen LogP) is 2.29. The SMILES string of the molecule is NC(=O)Cc1[nH]c(=S)n2c1[C@@H]1C[C@]1(c1cc(F)cc(F)c1)C2. The van der Waals surface area contributed by atoms with Crippen LogP contribution in [0.25, 0.3) is 0 Å². The standard InChI is InChI=1S/C15H13F2N3OS/c16-8-1-7(2-9(17)3-8)15-5-10(15)13-11(4-12(18)21)19-14(22)20(13)6-15/h1-3,10H,4-6H2,(H2,18,21)(H,19,22)/t10-,15+/m0/s1. The predicted molar refractivity (Wildman–Crippen MR) is 77.9 cm³/mol. The van der Waals surface area contributed by atoms with Crippen LogP contribution in [0.4, 0.5) is 8.78 Å². The number of halogens is 2. The highest BCUT2D eigenvalue weighted by atomic mass is 32.1. The zero-order chi connectivity index (χ0) is 15.6. The van der Waals surface area contributed by atoms with Gasteiger partial charge in [0.1, 0.15) is 11.6 Å². The maximum atomic E-state index is 13.5. The van der Waals surface area contributed by atoms with Crippen LogP contribution in [0.15, 0.2) is 18.2 Å². The van der Waals surface area contributed by atoms with Crippen LogP contribution in [0.1, 0.15) is 29.3 Å². The summed E-state index contributed by atoms with van der Waals surface area (Å²) in [6, 6.07) is 3.64. The molecule has 1 aromatic carbocycles. The average Bonchev–Trinajstić information content (AvgIpc) is 2.91. The van der Waals surface area contributed by atoms with Crippen molar-refractivity contribution in [2.24, 2.45) is 5.73 Å². The molecule has 2 aliphatic rings. The van der Waals surface area contributed by atoms with Gasteiger partial charge in [-0.25, -0.2) is 8.78 Å². The molecule has 0 saturated heterocycles. The number of H-pyrrole nitrogens is 1. The van der Waals surface area contributed by atoms with E-state index in [2.05, 4.69) is 4.98 Å². The quantitative estimate of drug-likeness (QED) is 0.852. The molecule has 2 aromatic rings. The summed E-state index contributed by atoms with van der Waals surface area (Å²) < 4.78 is 29.5. The Morgan fingerprint density at radius 1 is 1.41 bits per heavy atom. The molecule has 2 atom stereocenters. The van der Waals surface area contributed by atoms with Gasteiger partial charge in [0.2, 0.25) is 5.91 Å². The van der Waals surface area contributed by atoms with Crippen molar-refractivity contribution in [2.75, 3.05) is 0 Å². The molecule has 1 aliphatic carbocycles. The Balaban J connectivity index is 1.78. The van der Waals surface area contributed by atoms with Crippen molar-refractivity contribution in [3.05, 3.63) is 51.6 Å². The van der Waals surface area contributed by atoms with E-state index in [1.807, 2.05) is 4.57 Å². The van der Waals surface area contributed by atoms with Crippen LogP contribution in [-0.4, -0.2) is 15.5 Å². The second kappa shape index (κ2) is 4.25. The minimum Gasteiger partial charge on any atom is -0.369 e. The van der Waals surface area contributed by atoms with E-state index >= 15 is 0 Å². The van der Waals surface area contributed by atoms with Crippen molar-refractivity contribution >= 4 is 18.1 Å². The molecule has 1 saturated carbocycles. The van der Waals surface area contributed by atoms with Gasteiger partial charge in [-0.2, -0.15) is 0 Å². The van der Waals surface area contributed by atoms with Crippen LogP contribution < -0.4 is 5.73 Å². The number of rotatable bonds is 3. The highest BCUT2D eigenvalue weighted by molar-refractivity contribution is 7.71. The first-order valence-corrected chi connectivity index (χ1v) is 7.38. The summed E-state index contributed by atoms with van der Waals surface area (Å²) in [7, 11) is 0. The van der Waals surface area contributed by atoms with E-state index in [-0.39, 0.29) is 17.8 Å². The second-order valence-electron chi connectivity index (χ2n) is 6.09. The Labute approximate surface area is 129 Å². The fourth-order valence-corrected chi connectivity index (χ4v) is 4.06. The molecule has 0 unspecified atom stereocenters. The zero-order valence-electron chi connectivity index (χ0n) is 11.5. The topological polar surface area (TPSA) is 63.8 Å². The van der Waals surface area contributed by atoms with Crippen molar-refractivity contribution in [1.29, 1.82) is 0 Å². The molecular weight excluding hydrogens is 308 g/mol. The molecule has 1 aliphatic heterocycles. The number of fused-ring (bicyclic) bond motifs is 3. The average molecular weight is 321 g/mol. The van der Waals surface area contributed by atoms with E-state index in [0.29, 0.717) is 16.9 Å². The van der Waals surface area contributed by atoms with Gasteiger partial charge in [-0.1, -0.05) is 0 Å². The van der Waals surface area contributed by atoms with Crippen LogP contribution in [0.3, 0.4) is 0 Å². The van der Waals surface area contributed by atoms with Crippen molar-refractivity contribution in [2.45, 2.75) is 30.7 Å². The Morgan fingerprint density at radius 2 is 2.09 bits per heavy atom. The minimum atomic E-state index is -0.575. The van der Waals surface area contributed by atoms with Gasteiger partial charge in [-0.05, 0) is 36.3 Å². The summed E-state index contributed by atoms with van der Waals surface area (Å²) >= 11 is 5.28. The molecular formula is C15H13F2N3OS. The fourth-order valence-electron chi connectivity index (χ4n) is 3.77. The van der Waals surface area contributed by atoms with Crippen LogP contribution in [0.5, 0.6) is 0 Å². The van der Waals surface area contributed by atoms with Gasteiger partial charge in [0.05, 0.1) is 6.42 Å². The van der Waals surface area contributed by atoms with Crippen LogP contribution in [0.2, 0.25) is 0 Å². The summed E-state index contributed by atoms with van der Waals surface area (Å²) in [4.78, 5) is 14.2. The number of carbonyl (C=O) groups excluding carboxylic acids is 1. The molecule has 114 valence electrons. The molecule has 22 heavy (non-hydrogen) atoms. The summed E-state index contributed by atoms with van der Waals surface area (Å²) in [5.74, 6) is -1.46. The van der Waals surface area contributed by atoms with Crippen molar-refractivity contribution in [3.8, 4) is 0 Å². The first-order valence-electron chi connectivity index (χ1n) is 6.97. The van der Waals surface area contributed by atoms with Gasteiger partial charge in [0.15, 0.2) is 4.77 Å². The molecule has 1 fully saturated rings. The number of aromatic amines is 1. The van der Waals surface area contributed by atoms with E-state index in [1.54, 1.807) is 0 Å². The van der Waals surface area contributed by atoms with Crippen molar-refractivity contribution in [1.82, 2.24) is 9.55 Å². The maximum Gasteiger partial charge on any atom is 0.223 e. The molecule has 3 N–H and O–H groups in total. The van der Waals surface area contributed by atoms with E-state index in [0.717, 1.165) is 23.9 Å². The van der Waals surface area contributed by atoms with Gasteiger partial charge >= 0.3 is 0 Å². The Bertz CT molecular complexity index is 852. The van der Waals surface area contributed by atoms with E-state index in [4.69, 9.17) is 18.0 Å². The number of hydrogen-bond acceptors (Lipinski definition) is 2. The lowest BCUT2D eigenvalue weighted by Gasteiger charge is -2.13. The van der Waals surface area contributed by atoms with Crippen molar-refractivity contribution < 1.29 is 13.6 Å². The third-order valence-electron chi connectivity index (χ3n) is 4.74. The monoisotopic (exact) mass is 321 g/mol. The first-order chi connectivity index (χ1) is 10.4. The Morgan fingerprint density at radius 3 is 2.73 bits per heavy atom. The lowest BCUT2D eigenvalue weighted by Crippen LogP contribution is -2.15. The smallest absolute Gasteiger partial charge is 0.223 e. The molecule has 1 amide bonds. The third kappa shape index (κ3) is 1.78. The summed E-state index contributed by atoms with van der Waals surface area (Å²) in [6.45, 7) is 0.573. The summed E-state index contributed by atoms with van der Waals surface area (Å²) in [5, 5.41) is 0. The summed E-state index contributed by atoms with van der Waals surface area (Å²) in [6.07, 6.45) is 0.893. The number of nitrogens with zero attached hydrogens (tertiary/aromatic N) is 1. The van der Waals surface area contributed by atoms with E-state index in [9.17, 15) is 13.6 Å². The normalized spacial score (nSPS) is 24.9. The van der Waals surface area contributed by atoms with Crippen LogP contribution in [-0.2, 0) is 23.2 Å². The molecule has 4 rings (SSSR count). The number of nitrogens with two attached hydrogens (primary N) is 1. The highest BCUT2D eigenvalue weighted by Gasteiger charge is 2.62. The number of amides is 1. The lowest BCUT2D eigenvalue weighted by atomic mass is 9.94. The minimum absolute atomic E-state index is 0.0933. The Kier molecular flexibility index (Phi) is 2.64. The Hall–Kier alpha value is -2.02. The summed E-state index contributed by atoms with van der Waals surface area (Å²) in [5.41, 5.74) is 7.28. The zero-order valence-corrected chi connectivity index (χ0v) is 12.3. The second-order valence-corrected chi connectivity index (χ2v) is 6.48.